The van der Waals surface area contributed by atoms with Crippen molar-refractivity contribution in [2.75, 3.05) is 18.9 Å². The van der Waals surface area contributed by atoms with Crippen molar-refractivity contribution in [3.63, 3.8) is 0 Å². The van der Waals surface area contributed by atoms with Crippen molar-refractivity contribution in [1.82, 2.24) is 4.90 Å². The van der Waals surface area contributed by atoms with Crippen LogP contribution < -0.4 is 5.32 Å². The molecule has 23 heavy (non-hydrogen) atoms. The number of para-hydroxylation sites is 1. The Morgan fingerprint density at radius 1 is 1.30 bits per heavy atom. The first-order chi connectivity index (χ1) is 10.9. The molecule has 0 aromatic heterocycles. The van der Waals surface area contributed by atoms with Crippen LogP contribution in [0.3, 0.4) is 0 Å². The van der Waals surface area contributed by atoms with Crippen LogP contribution in [0.4, 0.5) is 21.5 Å². The zero-order valence-electron chi connectivity index (χ0n) is 13.8. The van der Waals surface area contributed by atoms with Gasteiger partial charge in [0.1, 0.15) is 5.82 Å². The molecule has 0 fully saturated rings. The highest BCUT2D eigenvalue weighted by atomic mass is 35.5. The van der Waals surface area contributed by atoms with E-state index < -0.39 is 0 Å². The van der Waals surface area contributed by atoms with Crippen molar-refractivity contribution in [2.45, 2.75) is 20.8 Å². The predicted molar refractivity (Wildman–Crippen MR) is 97.1 cm³/mol. The number of anilines is 2. The number of aliphatic imine (C=N–C) groups is 1. The molecular weight excluding hydrogens is 313 g/mol. The summed E-state index contributed by atoms with van der Waals surface area (Å²) < 4.78 is 14.0. The van der Waals surface area contributed by atoms with Gasteiger partial charge in [-0.05, 0) is 50.1 Å². The van der Waals surface area contributed by atoms with Crippen LogP contribution in [-0.4, -0.2) is 24.8 Å². The van der Waals surface area contributed by atoms with Gasteiger partial charge in [-0.3, -0.25) is 0 Å². The van der Waals surface area contributed by atoms with E-state index in [9.17, 15) is 4.39 Å². The van der Waals surface area contributed by atoms with Gasteiger partial charge in [0.15, 0.2) is 0 Å². The SMILES string of the molecule is CCN(C)C=Nc1cc(C)cc(Nc2c(C)cccc2F)c1Cl. The van der Waals surface area contributed by atoms with Gasteiger partial charge in [-0.15, -0.1) is 0 Å². The maximum atomic E-state index is 14.0. The fourth-order valence-electron chi connectivity index (χ4n) is 2.10. The number of hydrogen-bond acceptors (Lipinski definition) is 2. The van der Waals surface area contributed by atoms with Gasteiger partial charge in [0, 0.05) is 13.6 Å². The first-order valence-electron chi connectivity index (χ1n) is 7.49. The molecule has 2 aromatic rings. The van der Waals surface area contributed by atoms with E-state index in [1.165, 1.54) is 6.07 Å². The molecule has 0 heterocycles. The monoisotopic (exact) mass is 333 g/mol. The first kappa shape index (κ1) is 17.3. The van der Waals surface area contributed by atoms with Gasteiger partial charge in [0.25, 0.3) is 0 Å². The van der Waals surface area contributed by atoms with Crippen molar-refractivity contribution >= 4 is 35.0 Å². The van der Waals surface area contributed by atoms with Crippen molar-refractivity contribution in [1.29, 1.82) is 0 Å². The maximum Gasteiger partial charge on any atom is 0.146 e. The van der Waals surface area contributed by atoms with E-state index >= 15 is 0 Å². The Morgan fingerprint density at radius 2 is 2.04 bits per heavy atom. The smallest absolute Gasteiger partial charge is 0.146 e. The number of nitrogens with zero attached hydrogens (tertiary/aromatic N) is 2. The average molecular weight is 334 g/mol. The molecule has 0 saturated carbocycles. The fourth-order valence-corrected chi connectivity index (χ4v) is 2.31. The number of halogens is 2. The lowest BCUT2D eigenvalue weighted by Crippen LogP contribution is -2.14. The van der Waals surface area contributed by atoms with Gasteiger partial charge in [0.2, 0.25) is 0 Å². The van der Waals surface area contributed by atoms with Gasteiger partial charge in [-0.1, -0.05) is 23.7 Å². The van der Waals surface area contributed by atoms with Crippen molar-refractivity contribution in [3.05, 3.63) is 52.3 Å². The highest BCUT2D eigenvalue weighted by molar-refractivity contribution is 6.36. The van der Waals surface area contributed by atoms with E-state index in [0.717, 1.165) is 17.7 Å². The van der Waals surface area contributed by atoms with Gasteiger partial charge < -0.3 is 10.2 Å². The summed E-state index contributed by atoms with van der Waals surface area (Å²) >= 11 is 6.44. The Kier molecular flexibility index (Phi) is 5.61. The van der Waals surface area contributed by atoms with Crippen LogP contribution in [0.1, 0.15) is 18.1 Å². The summed E-state index contributed by atoms with van der Waals surface area (Å²) in [5, 5.41) is 3.57. The maximum absolute atomic E-state index is 14.0. The topological polar surface area (TPSA) is 27.6 Å². The number of aryl methyl sites for hydroxylation is 2. The molecule has 0 unspecified atom stereocenters. The predicted octanol–water partition coefficient (Wildman–Crippen LogP) is 5.45. The number of hydrogen-bond donors (Lipinski definition) is 1. The van der Waals surface area contributed by atoms with Gasteiger partial charge in [-0.2, -0.15) is 0 Å². The standard InChI is InChI=1S/C18H21ClFN3/c1-5-23(4)11-21-15-9-12(2)10-16(17(15)19)22-18-13(3)7-6-8-14(18)20/h6-11,22H,5H2,1-4H3. The van der Waals surface area contributed by atoms with E-state index in [1.807, 2.05) is 50.9 Å². The lowest BCUT2D eigenvalue weighted by atomic mass is 10.1. The summed E-state index contributed by atoms with van der Waals surface area (Å²) in [5.41, 5.74) is 3.55. The van der Waals surface area contributed by atoms with Crippen molar-refractivity contribution in [2.24, 2.45) is 4.99 Å². The van der Waals surface area contributed by atoms with Gasteiger partial charge in [0.05, 0.1) is 28.4 Å². The minimum Gasteiger partial charge on any atom is -0.366 e. The molecule has 0 aliphatic rings. The summed E-state index contributed by atoms with van der Waals surface area (Å²) in [4.78, 5) is 6.37. The number of rotatable bonds is 5. The Bertz CT molecular complexity index is 708. The van der Waals surface area contributed by atoms with Crippen LogP contribution in [0.5, 0.6) is 0 Å². The minimum absolute atomic E-state index is 0.307. The van der Waals surface area contributed by atoms with E-state index in [0.29, 0.717) is 22.1 Å². The quantitative estimate of drug-likeness (QED) is 0.582. The lowest BCUT2D eigenvalue weighted by Gasteiger charge is -2.15. The highest BCUT2D eigenvalue weighted by Crippen LogP contribution is 2.36. The third kappa shape index (κ3) is 4.23. The Morgan fingerprint density at radius 3 is 2.70 bits per heavy atom. The molecule has 0 bridgehead atoms. The Balaban J connectivity index is 2.40. The summed E-state index contributed by atoms with van der Waals surface area (Å²) in [6, 6.07) is 8.75. The second kappa shape index (κ2) is 7.47. The van der Waals surface area contributed by atoms with E-state index in [4.69, 9.17) is 11.6 Å². The molecule has 0 aliphatic heterocycles. The molecular formula is C18H21ClFN3. The Labute approximate surface area is 141 Å². The Hall–Kier alpha value is -2.07. The van der Waals surface area contributed by atoms with Crippen LogP contribution in [0.15, 0.2) is 35.3 Å². The lowest BCUT2D eigenvalue weighted by molar-refractivity contribution is 0.552. The second-order valence-corrected chi connectivity index (χ2v) is 5.90. The largest absolute Gasteiger partial charge is 0.366 e. The molecule has 0 atom stereocenters. The molecule has 1 N–H and O–H groups in total. The van der Waals surface area contributed by atoms with Crippen LogP contribution in [0.25, 0.3) is 0 Å². The third-order valence-electron chi connectivity index (χ3n) is 3.57. The molecule has 5 heteroatoms. The molecule has 0 amide bonds. The summed E-state index contributed by atoms with van der Waals surface area (Å²) in [6.07, 6.45) is 1.73. The summed E-state index contributed by atoms with van der Waals surface area (Å²) in [7, 11) is 1.94. The summed E-state index contributed by atoms with van der Waals surface area (Å²) in [6.45, 7) is 6.70. The minimum atomic E-state index is -0.307. The molecule has 3 nitrogen and oxygen atoms in total. The highest BCUT2D eigenvalue weighted by Gasteiger charge is 2.11. The fraction of sp³-hybridized carbons (Fsp3) is 0.278. The third-order valence-corrected chi connectivity index (χ3v) is 3.97. The average Bonchev–Trinajstić information content (AvgIpc) is 2.52. The summed E-state index contributed by atoms with van der Waals surface area (Å²) in [5.74, 6) is -0.307. The molecule has 0 spiro atoms. The first-order valence-corrected chi connectivity index (χ1v) is 7.87. The zero-order chi connectivity index (χ0) is 17.0. The van der Waals surface area contributed by atoms with Crippen molar-refractivity contribution < 1.29 is 4.39 Å². The second-order valence-electron chi connectivity index (χ2n) is 5.52. The van der Waals surface area contributed by atoms with Gasteiger partial charge in [-0.25, -0.2) is 9.38 Å². The van der Waals surface area contributed by atoms with E-state index in [1.54, 1.807) is 12.4 Å². The molecule has 0 saturated heterocycles. The number of benzene rings is 2. The van der Waals surface area contributed by atoms with Gasteiger partial charge >= 0.3 is 0 Å². The normalized spacial score (nSPS) is 11.0. The molecule has 0 radical (unpaired) electrons. The van der Waals surface area contributed by atoms with Crippen molar-refractivity contribution in [3.8, 4) is 0 Å². The zero-order valence-corrected chi connectivity index (χ0v) is 14.6. The molecule has 122 valence electrons. The molecule has 2 aromatic carbocycles. The number of nitrogens with one attached hydrogen (secondary N) is 1. The van der Waals surface area contributed by atoms with E-state index in [-0.39, 0.29) is 5.82 Å². The molecule has 0 aliphatic carbocycles. The van der Waals surface area contributed by atoms with E-state index in [2.05, 4.69) is 10.3 Å². The van der Waals surface area contributed by atoms with Crippen LogP contribution in [0.2, 0.25) is 5.02 Å². The van der Waals surface area contributed by atoms with Crippen LogP contribution in [0, 0.1) is 19.7 Å². The van der Waals surface area contributed by atoms with Crippen LogP contribution in [-0.2, 0) is 0 Å². The van der Waals surface area contributed by atoms with Crippen LogP contribution >= 0.6 is 11.6 Å². The molecule has 2 rings (SSSR count).